The number of benzene rings is 3. The molecule has 300 valence electrons. The van der Waals surface area contributed by atoms with Gasteiger partial charge in [0.05, 0.1) is 33.2 Å². The lowest BCUT2D eigenvalue weighted by Gasteiger charge is -2.41. The van der Waals surface area contributed by atoms with E-state index in [1.165, 1.54) is 0 Å². The van der Waals surface area contributed by atoms with Crippen LogP contribution in [-0.2, 0) is 37.3 Å². The molecule has 9 rings (SSSR count). The summed E-state index contributed by atoms with van der Waals surface area (Å²) in [6, 6.07) is 17.5. The minimum atomic E-state index is -3.66. The lowest BCUT2D eigenvalue weighted by atomic mass is 9.76. The molecule has 16 heteroatoms. The van der Waals surface area contributed by atoms with Gasteiger partial charge in [-0.25, -0.2) is 8.42 Å². The molecular weight excluding hydrogens is 782 g/mol. The Morgan fingerprint density at radius 1 is 0.931 bits per heavy atom. The molecule has 1 spiro atoms. The molecule has 0 bridgehead atoms. The summed E-state index contributed by atoms with van der Waals surface area (Å²) < 4.78 is 27.2. The van der Waals surface area contributed by atoms with E-state index in [-0.39, 0.29) is 59.8 Å². The van der Waals surface area contributed by atoms with Crippen LogP contribution in [0.15, 0.2) is 59.5 Å². The molecule has 3 aromatic carbocycles. The van der Waals surface area contributed by atoms with Crippen LogP contribution in [0.5, 0.6) is 0 Å². The second-order valence-electron chi connectivity index (χ2n) is 16.7. The maximum Gasteiger partial charge on any atom is 0.262 e. The van der Waals surface area contributed by atoms with Crippen molar-refractivity contribution in [1.29, 1.82) is 5.26 Å². The number of likely N-dealkylation sites (tertiary alicyclic amines) is 1. The third-order valence-corrected chi connectivity index (χ3v) is 15.5. The first-order valence-electron chi connectivity index (χ1n) is 19.7. The summed E-state index contributed by atoms with van der Waals surface area (Å²) in [5, 5.41) is 11.2. The minimum absolute atomic E-state index is 0.0429. The van der Waals surface area contributed by atoms with Crippen molar-refractivity contribution in [3.05, 3.63) is 87.4 Å². The van der Waals surface area contributed by atoms with Crippen LogP contribution >= 0.6 is 11.6 Å². The molecule has 58 heavy (non-hydrogen) atoms. The number of hydrogen-bond donors (Lipinski definition) is 1. The van der Waals surface area contributed by atoms with E-state index in [1.807, 2.05) is 29.2 Å². The molecule has 3 aromatic rings. The summed E-state index contributed by atoms with van der Waals surface area (Å²) in [5.41, 5.74) is 4.69. The number of hydrogen-bond acceptors (Lipinski definition) is 11. The van der Waals surface area contributed by atoms with Gasteiger partial charge in [-0.3, -0.25) is 39.1 Å². The number of nitrogens with one attached hydrogen (secondary N) is 1. The average Bonchev–Trinajstić information content (AvgIpc) is 3.80. The van der Waals surface area contributed by atoms with Crippen molar-refractivity contribution in [2.45, 2.75) is 74.3 Å². The Labute approximate surface area is 341 Å². The number of piperidine rings is 2. The van der Waals surface area contributed by atoms with E-state index in [2.05, 4.69) is 28.1 Å². The van der Waals surface area contributed by atoms with E-state index < -0.39 is 44.8 Å². The lowest BCUT2D eigenvalue weighted by molar-refractivity contribution is -0.137. The van der Waals surface area contributed by atoms with Crippen LogP contribution in [0.4, 0.5) is 11.4 Å². The first-order valence-corrected chi connectivity index (χ1v) is 21.6. The number of fused-ring (bicyclic) bond motifs is 2. The Morgan fingerprint density at radius 2 is 1.57 bits per heavy atom. The van der Waals surface area contributed by atoms with Gasteiger partial charge in [0.2, 0.25) is 17.7 Å². The number of nitriles is 1. The minimum Gasteiger partial charge on any atom is -0.371 e. The summed E-state index contributed by atoms with van der Waals surface area (Å²) >= 11 is 6.35. The maximum atomic E-state index is 13.6. The van der Waals surface area contributed by atoms with Crippen molar-refractivity contribution in [1.82, 2.24) is 20.0 Å². The van der Waals surface area contributed by atoms with Gasteiger partial charge in [-0.05, 0) is 104 Å². The predicted molar refractivity (Wildman–Crippen MR) is 213 cm³/mol. The summed E-state index contributed by atoms with van der Waals surface area (Å²) in [6.07, 6.45) is 3.22. The van der Waals surface area contributed by atoms with E-state index in [1.54, 1.807) is 35.2 Å². The van der Waals surface area contributed by atoms with Crippen molar-refractivity contribution in [2.75, 3.05) is 49.1 Å². The van der Waals surface area contributed by atoms with Gasteiger partial charge in [-0.15, -0.1) is 0 Å². The van der Waals surface area contributed by atoms with Crippen molar-refractivity contribution >= 4 is 62.3 Å². The maximum absolute atomic E-state index is 13.6. The average molecular weight is 824 g/mol. The van der Waals surface area contributed by atoms with Crippen LogP contribution in [0.2, 0.25) is 5.02 Å². The Kier molecular flexibility index (Phi) is 9.37. The molecule has 6 heterocycles. The third kappa shape index (κ3) is 6.51. The zero-order chi connectivity index (χ0) is 40.7. The Hall–Kier alpha value is -5.30. The molecule has 0 saturated carbocycles. The van der Waals surface area contributed by atoms with Crippen LogP contribution in [0.1, 0.15) is 76.4 Å². The molecule has 0 aliphatic carbocycles. The van der Waals surface area contributed by atoms with Gasteiger partial charge in [-0.2, -0.15) is 5.26 Å². The fourth-order valence-corrected chi connectivity index (χ4v) is 11.6. The van der Waals surface area contributed by atoms with E-state index in [4.69, 9.17) is 11.6 Å². The number of imide groups is 2. The molecule has 2 atom stereocenters. The highest BCUT2D eigenvalue weighted by molar-refractivity contribution is 7.92. The number of rotatable bonds is 7. The standard InChI is InChI=1S/C42H42ClN7O7S/c1-25-17-42(24-49(25)30-3-2-26(18-44)35(43)16-30)10-12-47(13-11-42)29-4-6-31(7-5-29)58(56,57)32-21-48(22-32)38(52)23-46-19-27-14-33-34(15-28(27)20-46)41(55)50(40(33)54)36-8-9-37(51)45-39(36)53/h2-7,14-16,25,32,36H,8-13,17,19-24H2,1H3,(H,45,51,53)/t25-,36?/m0/s1. The van der Waals surface area contributed by atoms with Crippen LogP contribution in [0, 0.1) is 16.7 Å². The Bertz CT molecular complexity index is 2390. The quantitative estimate of drug-likeness (QED) is 0.346. The first-order chi connectivity index (χ1) is 27.7. The first kappa shape index (κ1) is 38.2. The monoisotopic (exact) mass is 823 g/mol. The number of nitrogens with zero attached hydrogens (tertiary/aromatic N) is 6. The second kappa shape index (κ2) is 14.2. The largest absolute Gasteiger partial charge is 0.371 e. The Morgan fingerprint density at radius 3 is 2.17 bits per heavy atom. The third-order valence-electron chi connectivity index (χ3n) is 13.1. The fraction of sp³-hybridized carbons (Fsp3) is 0.429. The van der Waals surface area contributed by atoms with Gasteiger partial charge in [-0.1, -0.05) is 11.6 Å². The summed E-state index contributed by atoms with van der Waals surface area (Å²) in [4.78, 5) is 73.1. The molecule has 1 unspecified atom stereocenters. The smallest absolute Gasteiger partial charge is 0.262 e. The van der Waals surface area contributed by atoms with Crippen LogP contribution in [0.3, 0.4) is 0 Å². The van der Waals surface area contributed by atoms with Crippen molar-refractivity contribution < 1.29 is 32.4 Å². The molecule has 5 amide bonds. The van der Waals surface area contributed by atoms with Gasteiger partial charge >= 0.3 is 0 Å². The van der Waals surface area contributed by atoms with Gasteiger partial charge in [0, 0.05) is 69.7 Å². The van der Waals surface area contributed by atoms with Gasteiger partial charge in [0.25, 0.3) is 11.8 Å². The van der Waals surface area contributed by atoms with Crippen LogP contribution in [0.25, 0.3) is 0 Å². The van der Waals surface area contributed by atoms with E-state index in [0.717, 1.165) is 66.3 Å². The number of sulfone groups is 1. The highest BCUT2D eigenvalue weighted by atomic mass is 35.5. The number of anilines is 2. The van der Waals surface area contributed by atoms with E-state index in [0.29, 0.717) is 29.7 Å². The summed E-state index contributed by atoms with van der Waals surface area (Å²) in [6.45, 7) is 5.91. The molecule has 1 N–H and O–H groups in total. The molecule has 6 aliphatic rings. The normalized spacial score (nSPS) is 23.3. The highest BCUT2D eigenvalue weighted by Gasteiger charge is 2.47. The lowest BCUT2D eigenvalue weighted by Crippen LogP contribution is -2.58. The topological polar surface area (TPSA) is 172 Å². The number of amides is 5. The SMILES string of the molecule is C[C@H]1CC2(CCN(c3ccc(S(=O)(=O)C4CN(C(=O)CN5Cc6cc7c(cc6C5)C(=O)N(C5CCC(=O)NC5=O)C7=O)C4)cc3)CC2)CN1c1ccc(C#N)c(Cl)c1. The Balaban J connectivity index is 0.760. The second-order valence-corrected chi connectivity index (χ2v) is 19.3. The van der Waals surface area contributed by atoms with E-state index >= 15 is 0 Å². The zero-order valence-corrected chi connectivity index (χ0v) is 33.5. The highest BCUT2D eigenvalue weighted by Crippen LogP contribution is 2.46. The molecule has 6 aliphatic heterocycles. The van der Waals surface area contributed by atoms with Gasteiger partial charge in [0.15, 0.2) is 9.84 Å². The van der Waals surface area contributed by atoms with Gasteiger partial charge in [0.1, 0.15) is 17.4 Å². The summed E-state index contributed by atoms with van der Waals surface area (Å²) in [7, 11) is -3.66. The molecule has 0 aromatic heterocycles. The molecule has 14 nitrogen and oxygen atoms in total. The van der Waals surface area contributed by atoms with Crippen LogP contribution in [-0.4, -0.2) is 109 Å². The molecule has 0 radical (unpaired) electrons. The molecule has 4 saturated heterocycles. The molecular formula is C42H42ClN7O7S. The van der Waals surface area contributed by atoms with Gasteiger partial charge < -0.3 is 14.7 Å². The number of carbonyl (C=O) groups is 5. The summed E-state index contributed by atoms with van der Waals surface area (Å²) in [5.74, 6) is -2.44. The predicted octanol–water partition coefficient (Wildman–Crippen LogP) is 3.50. The van der Waals surface area contributed by atoms with Crippen molar-refractivity contribution in [2.24, 2.45) is 5.41 Å². The number of halogens is 1. The zero-order valence-electron chi connectivity index (χ0n) is 31.9. The number of carbonyl (C=O) groups excluding carboxylic acids is 5. The van der Waals surface area contributed by atoms with Crippen LogP contribution < -0.4 is 15.1 Å². The van der Waals surface area contributed by atoms with Crippen molar-refractivity contribution in [3.8, 4) is 6.07 Å². The fourth-order valence-electron chi connectivity index (χ4n) is 9.76. The molecule has 4 fully saturated rings. The van der Waals surface area contributed by atoms with E-state index in [9.17, 15) is 37.7 Å². The van der Waals surface area contributed by atoms with Crippen molar-refractivity contribution in [3.63, 3.8) is 0 Å².